The maximum atomic E-state index is 12.9. The summed E-state index contributed by atoms with van der Waals surface area (Å²) < 4.78 is 34.8. The van der Waals surface area contributed by atoms with E-state index < -0.39 is 9.84 Å². The van der Waals surface area contributed by atoms with Crippen molar-refractivity contribution in [3.8, 4) is 11.5 Å². The molecule has 0 bridgehead atoms. The third-order valence-electron chi connectivity index (χ3n) is 5.28. The molecule has 1 heterocycles. The van der Waals surface area contributed by atoms with Crippen LogP contribution in [0, 0.1) is 6.92 Å². The Hall–Kier alpha value is -1.76. The predicted molar refractivity (Wildman–Crippen MR) is 99.4 cm³/mol. The van der Waals surface area contributed by atoms with Gasteiger partial charge in [-0.3, -0.25) is 4.79 Å². The van der Waals surface area contributed by atoms with Gasteiger partial charge in [0.15, 0.2) is 27.9 Å². The Labute approximate surface area is 155 Å². The van der Waals surface area contributed by atoms with Crippen LogP contribution in [0.25, 0.3) is 0 Å². The van der Waals surface area contributed by atoms with Crippen molar-refractivity contribution in [2.24, 2.45) is 0 Å². The molecule has 1 unspecified atom stereocenters. The minimum atomic E-state index is -3.04. The van der Waals surface area contributed by atoms with E-state index >= 15 is 0 Å². The number of aryl methyl sites for hydroxylation is 1. The monoisotopic (exact) mass is 381 g/mol. The van der Waals surface area contributed by atoms with E-state index in [1.165, 1.54) is 0 Å². The van der Waals surface area contributed by atoms with E-state index in [2.05, 4.69) is 0 Å². The highest BCUT2D eigenvalue weighted by atomic mass is 32.2. The average molecular weight is 381 g/mol. The molecule has 1 amide bonds. The molecule has 1 aliphatic heterocycles. The van der Waals surface area contributed by atoms with Crippen molar-refractivity contribution in [3.05, 3.63) is 23.8 Å². The number of benzene rings is 1. The van der Waals surface area contributed by atoms with Crippen molar-refractivity contribution in [3.63, 3.8) is 0 Å². The smallest absolute Gasteiger partial charge is 0.261 e. The van der Waals surface area contributed by atoms with Gasteiger partial charge in [-0.1, -0.05) is 18.9 Å². The van der Waals surface area contributed by atoms with Crippen molar-refractivity contribution >= 4 is 15.7 Å². The molecule has 26 heavy (non-hydrogen) atoms. The minimum Gasteiger partial charge on any atom is -0.493 e. The third-order valence-corrected chi connectivity index (χ3v) is 7.03. The van der Waals surface area contributed by atoms with Crippen LogP contribution in [-0.4, -0.2) is 56.5 Å². The predicted octanol–water partition coefficient (Wildman–Crippen LogP) is 2.34. The van der Waals surface area contributed by atoms with Crippen LogP contribution in [0.5, 0.6) is 11.5 Å². The summed E-state index contributed by atoms with van der Waals surface area (Å²) in [5, 5.41) is 0. The number of carbonyl (C=O) groups excluding carboxylic acids is 1. The number of amides is 1. The second-order valence-electron chi connectivity index (χ2n) is 7.24. The van der Waals surface area contributed by atoms with Gasteiger partial charge in [0, 0.05) is 12.1 Å². The van der Waals surface area contributed by atoms with Gasteiger partial charge in [0.2, 0.25) is 0 Å². The van der Waals surface area contributed by atoms with Gasteiger partial charge >= 0.3 is 0 Å². The van der Waals surface area contributed by atoms with Crippen LogP contribution in [0.3, 0.4) is 0 Å². The van der Waals surface area contributed by atoms with Crippen LogP contribution in [-0.2, 0) is 14.6 Å². The first kappa shape index (κ1) is 19.0. The molecule has 3 rings (SSSR count). The van der Waals surface area contributed by atoms with E-state index in [0.717, 1.165) is 31.2 Å². The van der Waals surface area contributed by atoms with Crippen LogP contribution < -0.4 is 9.47 Å². The van der Waals surface area contributed by atoms with Crippen molar-refractivity contribution in [1.29, 1.82) is 0 Å². The lowest BCUT2D eigenvalue weighted by atomic mass is 10.1. The highest BCUT2D eigenvalue weighted by Crippen LogP contribution is 2.31. The molecule has 1 aromatic rings. The molecular formula is C19H27NO5S. The van der Waals surface area contributed by atoms with E-state index in [1.54, 1.807) is 18.1 Å². The summed E-state index contributed by atoms with van der Waals surface area (Å²) in [7, 11) is -1.47. The molecule has 1 aliphatic carbocycles. The molecule has 6 nitrogen and oxygen atoms in total. The van der Waals surface area contributed by atoms with Gasteiger partial charge in [-0.05, 0) is 43.9 Å². The van der Waals surface area contributed by atoms with Crippen LogP contribution in [0.15, 0.2) is 18.2 Å². The quantitative estimate of drug-likeness (QED) is 0.756. The van der Waals surface area contributed by atoms with Gasteiger partial charge in [0.25, 0.3) is 5.91 Å². The molecule has 2 fully saturated rings. The van der Waals surface area contributed by atoms with Gasteiger partial charge in [0.05, 0.1) is 18.6 Å². The van der Waals surface area contributed by atoms with Crippen molar-refractivity contribution < 1.29 is 22.7 Å². The molecule has 0 N–H and O–H groups in total. The number of nitrogens with zero attached hydrogens (tertiary/aromatic N) is 1. The normalized spacial score (nSPS) is 22.3. The largest absolute Gasteiger partial charge is 0.493 e. The number of methoxy groups -OCH3 is 1. The first-order valence-electron chi connectivity index (χ1n) is 9.18. The van der Waals surface area contributed by atoms with Crippen molar-refractivity contribution in [2.75, 3.05) is 25.2 Å². The Kier molecular flexibility index (Phi) is 5.75. The lowest BCUT2D eigenvalue weighted by Crippen LogP contribution is -2.48. The van der Waals surface area contributed by atoms with Crippen LogP contribution in [0.4, 0.5) is 0 Å². The highest BCUT2D eigenvalue weighted by Gasteiger charge is 2.39. The molecule has 144 valence electrons. The zero-order valence-corrected chi connectivity index (χ0v) is 16.3. The molecule has 1 aromatic carbocycles. The number of rotatable bonds is 6. The maximum absolute atomic E-state index is 12.9. The molecule has 0 spiro atoms. The summed E-state index contributed by atoms with van der Waals surface area (Å²) >= 11 is 0. The van der Waals surface area contributed by atoms with E-state index in [9.17, 15) is 13.2 Å². The fourth-order valence-corrected chi connectivity index (χ4v) is 5.70. The number of carbonyl (C=O) groups is 1. The number of sulfone groups is 1. The lowest BCUT2D eigenvalue weighted by Gasteiger charge is -2.34. The standard InChI is InChI=1S/C19H27NO5S/c1-14-7-8-17(18(11-14)24-2)25-12-19(21)20(15-5-3-4-6-15)16-9-10-26(22,23)13-16/h7-8,11,15-16H,3-6,9-10,12-13H2,1-2H3. The molecule has 1 atom stereocenters. The summed E-state index contributed by atoms with van der Waals surface area (Å²) in [6, 6.07) is 5.46. The van der Waals surface area contributed by atoms with E-state index in [0.29, 0.717) is 17.9 Å². The Morgan fingerprint density at radius 2 is 1.88 bits per heavy atom. The zero-order chi connectivity index (χ0) is 18.7. The first-order chi connectivity index (χ1) is 12.4. The Bertz CT molecular complexity index is 755. The van der Waals surface area contributed by atoms with E-state index in [1.807, 2.05) is 19.1 Å². The first-order valence-corrected chi connectivity index (χ1v) is 11.0. The summed E-state index contributed by atoms with van der Waals surface area (Å²) in [6.45, 7) is 1.85. The fraction of sp³-hybridized carbons (Fsp3) is 0.632. The number of hydrogen-bond donors (Lipinski definition) is 0. The van der Waals surface area contributed by atoms with Gasteiger partial charge in [-0.25, -0.2) is 8.42 Å². The number of hydrogen-bond acceptors (Lipinski definition) is 5. The molecule has 7 heteroatoms. The van der Waals surface area contributed by atoms with E-state index in [-0.39, 0.29) is 36.1 Å². The van der Waals surface area contributed by atoms with Gasteiger partial charge in [-0.2, -0.15) is 0 Å². The SMILES string of the molecule is COc1cc(C)ccc1OCC(=O)N(C1CCCC1)C1CCS(=O)(=O)C1. The molecule has 2 aliphatic rings. The maximum Gasteiger partial charge on any atom is 0.261 e. The summed E-state index contributed by atoms with van der Waals surface area (Å²) in [5.41, 5.74) is 1.05. The summed E-state index contributed by atoms with van der Waals surface area (Å²) in [5.74, 6) is 1.22. The van der Waals surface area contributed by atoms with Crippen molar-refractivity contribution in [2.45, 2.75) is 51.1 Å². The molecule has 1 saturated heterocycles. The number of ether oxygens (including phenoxy) is 2. The topological polar surface area (TPSA) is 72.9 Å². The Morgan fingerprint density at radius 3 is 2.50 bits per heavy atom. The van der Waals surface area contributed by atoms with Crippen LogP contribution in [0.2, 0.25) is 0 Å². The molecule has 0 aromatic heterocycles. The van der Waals surface area contributed by atoms with Gasteiger partial charge in [0.1, 0.15) is 0 Å². The fourth-order valence-electron chi connectivity index (χ4n) is 3.99. The highest BCUT2D eigenvalue weighted by molar-refractivity contribution is 7.91. The lowest BCUT2D eigenvalue weighted by molar-refractivity contribution is -0.137. The second-order valence-corrected chi connectivity index (χ2v) is 9.47. The molecular weight excluding hydrogens is 354 g/mol. The second kappa shape index (κ2) is 7.86. The Morgan fingerprint density at radius 1 is 1.15 bits per heavy atom. The van der Waals surface area contributed by atoms with Crippen molar-refractivity contribution in [1.82, 2.24) is 4.90 Å². The zero-order valence-electron chi connectivity index (χ0n) is 15.4. The minimum absolute atomic E-state index is 0.0725. The van der Waals surface area contributed by atoms with Gasteiger partial charge < -0.3 is 14.4 Å². The summed E-state index contributed by atoms with van der Waals surface area (Å²) in [6.07, 6.45) is 4.58. The summed E-state index contributed by atoms with van der Waals surface area (Å²) in [4.78, 5) is 14.7. The van der Waals surface area contributed by atoms with Crippen LogP contribution in [0.1, 0.15) is 37.7 Å². The Balaban J connectivity index is 1.71. The van der Waals surface area contributed by atoms with Crippen LogP contribution >= 0.6 is 0 Å². The molecule has 1 saturated carbocycles. The molecule has 0 radical (unpaired) electrons. The van der Waals surface area contributed by atoms with Gasteiger partial charge in [-0.15, -0.1) is 0 Å². The third kappa shape index (κ3) is 4.31. The average Bonchev–Trinajstić information content (AvgIpc) is 3.24. The van der Waals surface area contributed by atoms with E-state index in [4.69, 9.17) is 9.47 Å².